The van der Waals surface area contributed by atoms with E-state index in [1.807, 2.05) is 19.1 Å². The maximum Gasteiger partial charge on any atom is 0.332 e. The first-order chi connectivity index (χ1) is 5.93. The van der Waals surface area contributed by atoms with Crippen LogP contribution in [0.5, 0.6) is 0 Å². The molecule has 0 saturated carbocycles. The Morgan fingerprint density at radius 3 is 2.31 bits per heavy atom. The van der Waals surface area contributed by atoms with E-state index >= 15 is 0 Å². The molecule has 4 heteroatoms. The Morgan fingerprint density at radius 2 is 1.85 bits per heavy atom. The predicted molar refractivity (Wildman–Crippen MR) is 51.6 cm³/mol. The highest BCUT2D eigenvalue weighted by Gasteiger charge is 2.26. The molecular formula is C9H13O3P. The quantitative estimate of drug-likeness (QED) is 0.719. The Labute approximate surface area is 77.6 Å². The van der Waals surface area contributed by atoms with E-state index < -0.39 is 13.3 Å². The van der Waals surface area contributed by atoms with Crippen LogP contribution in [0.3, 0.4) is 0 Å². The maximum absolute atomic E-state index is 11.0. The summed E-state index contributed by atoms with van der Waals surface area (Å²) in [5, 5.41) is 0. The van der Waals surface area contributed by atoms with E-state index in [-0.39, 0.29) is 0 Å². The molecular weight excluding hydrogens is 187 g/mol. The first-order valence-electron chi connectivity index (χ1n) is 4.03. The lowest BCUT2D eigenvalue weighted by molar-refractivity contribution is 0.361. The Hall–Kier alpha value is -0.630. The molecule has 3 nitrogen and oxygen atoms in total. The van der Waals surface area contributed by atoms with Crippen molar-refractivity contribution >= 4 is 7.60 Å². The minimum absolute atomic E-state index is 0.714. The third kappa shape index (κ3) is 2.41. The molecule has 0 radical (unpaired) electrons. The Balaban J connectivity index is 3.09. The van der Waals surface area contributed by atoms with Gasteiger partial charge in [0, 0.05) is 0 Å². The molecule has 1 unspecified atom stereocenters. The van der Waals surface area contributed by atoms with Crippen LogP contribution in [0.25, 0.3) is 0 Å². The summed E-state index contributed by atoms with van der Waals surface area (Å²) in [7, 11) is -4.01. The van der Waals surface area contributed by atoms with Crippen LogP contribution in [0.2, 0.25) is 0 Å². The molecule has 0 heterocycles. The van der Waals surface area contributed by atoms with E-state index in [1.54, 1.807) is 19.1 Å². The van der Waals surface area contributed by atoms with Gasteiger partial charge in [0.1, 0.15) is 0 Å². The van der Waals surface area contributed by atoms with E-state index in [0.29, 0.717) is 0 Å². The van der Waals surface area contributed by atoms with Crippen LogP contribution in [-0.4, -0.2) is 9.79 Å². The van der Waals surface area contributed by atoms with Gasteiger partial charge in [-0.2, -0.15) is 0 Å². The maximum atomic E-state index is 11.0. The van der Waals surface area contributed by atoms with Gasteiger partial charge in [0.25, 0.3) is 0 Å². The monoisotopic (exact) mass is 200 g/mol. The van der Waals surface area contributed by atoms with Crippen LogP contribution in [0.15, 0.2) is 24.3 Å². The zero-order valence-electron chi connectivity index (χ0n) is 7.64. The van der Waals surface area contributed by atoms with Crippen molar-refractivity contribution < 1.29 is 14.4 Å². The summed E-state index contributed by atoms with van der Waals surface area (Å²) in [6.45, 7) is 3.39. The van der Waals surface area contributed by atoms with Crippen LogP contribution in [-0.2, 0) is 4.57 Å². The Morgan fingerprint density at radius 1 is 1.31 bits per heavy atom. The van der Waals surface area contributed by atoms with Crippen molar-refractivity contribution in [2.24, 2.45) is 0 Å². The third-order valence-corrected chi connectivity index (χ3v) is 3.43. The Bertz CT molecular complexity index is 342. The minimum Gasteiger partial charge on any atom is -0.324 e. The van der Waals surface area contributed by atoms with E-state index in [2.05, 4.69) is 0 Å². The molecule has 2 N–H and O–H groups in total. The third-order valence-electron chi connectivity index (χ3n) is 2.14. The number of aryl methyl sites for hydroxylation is 1. The average molecular weight is 200 g/mol. The van der Waals surface area contributed by atoms with Crippen LogP contribution >= 0.6 is 7.60 Å². The van der Waals surface area contributed by atoms with Crippen molar-refractivity contribution in [2.45, 2.75) is 19.5 Å². The molecule has 0 saturated heterocycles. The fourth-order valence-corrected chi connectivity index (χ4v) is 1.89. The molecule has 72 valence electrons. The van der Waals surface area contributed by atoms with Crippen LogP contribution in [0, 0.1) is 6.92 Å². The van der Waals surface area contributed by atoms with Gasteiger partial charge >= 0.3 is 7.60 Å². The molecule has 0 fully saturated rings. The SMILES string of the molecule is Cc1ccccc1C(C)P(=O)(O)O. The summed E-state index contributed by atoms with van der Waals surface area (Å²) < 4.78 is 11.0. The van der Waals surface area contributed by atoms with E-state index in [0.717, 1.165) is 11.1 Å². The second kappa shape index (κ2) is 3.62. The summed E-state index contributed by atoms with van der Waals surface area (Å²) >= 11 is 0. The minimum atomic E-state index is -4.01. The number of hydrogen-bond donors (Lipinski definition) is 2. The standard InChI is InChI=1S/C9H13O3P/c1-7-5-3-4-6-9(7)8(2)13(10,11)12/h3-6,8H,1-2H3,(H2,10,11,12). The summed E-state index contributed by atoms with van der Waals surface area (Å²) in [6.07, 6.45) is 0. The highest BCUT2D eigenvalue weighted by molar-refractivity contribution is 7.52. The van der Waals surface area contributed by atoms with Gasteiger partial charge < -0.3 is 9.79 Å². The molecule has 0 amide bonds. The lowest BCUT2D eigenvalue weighted by Gasteiger charge is -2.15. The largest absolute Gasteiger partial charge is 0.332 e. The van der Waals surface area contributed by atoms with Crippen molar-refractivity contribution in [3.05, 3.63) is 35.4 Å². The zero-order valence-corrected chi connectivity index (χ0v) is 8.53. The lowest BCUT2D eigenvalue weighted by Crippen LogP contribution is -1.96. The molecule has 1 rings (SSSR count). The molecule has 0 aliphatic rings. The van der Waals surface area contributed by atoms with Gasteiger partial charge in [-0.1, -0.05) is 24.3 Å². The molecule has 1 aromatic carbocycles. The summed E-state index contributed by atoms with van der Waals surface area (Å²) in [5.41, 5.74) is 0.919. The van der Waals surface area contributed by atoms with Crippen LogP contribution in [0.4, 0.5) is 0 Å². The number of benzene rings is 1. The molecule has 0 spiro atoms. The molecule has 1 atom stereocenters. The fraction of sp³-hybridized carbons (Fsp3) is 0.333. The van der Waals surface area contributed by atoms with Gasteiger partial charge in [-0.15, -0.1) is 0 Å². The highest BCUT2D eigenvalue weighted by atomic mass is 31.2. The van der Waals surface area contributed by atoms with Gasteiger partial charge in [-0.05, 0) is 25.0 Å². The van der Waals surface area contributed by atoms with Gasteiger partial charge in [-0.25, -0.2) is 0 Å². The van der Waals surface area contributed by atoms with Crippen LogP contribution < -0.4 is 0 Å². The Kier molecular flexibility index (Phi) is 2.91. The topological polar surface area (TPSA) is 57.5 Å². The normalized spacial score (nSPS) is 14.2. The van der Waals surface area contributed by atoms with Crippen molar-refractivity contribution in [1.29, 1.82) is 0 Å². The van der Waals surface area contributed by atoms with Crippen molar-refractivity contribution in [3.63, 3.8) is 0 Å². The molecule has 13 heavy (non-hydrogen) atoms. The second-order valence-electron chi connectivity index (χ2n) is 3.12. The number of hydrogen-bond acceptors (Lipinski definition) is 1. The summed E-state index contributed by atoms with van der Waals surface area (Å²) in [4.78, 5) is 18.0. The fourth-order valence-electron chi connectivity index (χ4n) is 1.24. The summed E-state index contributed by atoms with van der Waals surface area (Å²) in [5.74, 6) is 0. The molecule has 0 aliphatic heterocycles. The molecule has 0 bridgehead atoms. The number of rotatable bonds is 2. The molecule has 0 aliphatic carbocycles. The van der Waals surface area contributed by atoms with Gasteiger partial charge in [0.2, 0.25) is 0 Å². The average Bonchev–Trinajstić information content (AvgIpc) is 2.02. The van der Waals surface area contributed by atoms with Gasteiger partial charge in [0.05, 0.1) is 5.66 Å². The smallest absolute Gasteiger partial charge is 0.324 e. The van der Waals surface area contributed by atoms with Gasteiger partial charge in [-0.3, -0.25) is 4.57 Å². The first kappa shape index (κ1) is 10.5. The van der Waals surface area contributed by atoms with E-state index in [1.165, 1.54) is 0 Å². The van der Waals surface area contributed by atoms with Crippen molar-refractivity contribution in [3.8, 4) is 0 Å². The van der Waals surface area contributed by atoms with Crippen molar-refractivity contribution in [1.82, 2.24) is 0 Å². The summed E-state index contributed by atoms with van der Waals surface area (Å²) in [6, 6.07) is 7.24. The van der Waals surface area contributed by atoms with Crippen LogP contribution in [0.1, 0.15) is 23.7 Å². The van der Waals surface area contributed by atoms with E-state index in [9.17, 15) is 4.57 Å². The zero-order chi connectivity index (χ0) is 10.1. The lowest BCUT2D eigenvalue weighted by atomic mass is 10.1. The second-order valence-corrected chi connectivity index (χ2v) is 5.07. The van der Waals surface area contributed by atoms with Gasteiger partial charge in [0.15, 0.2) is 0 Å². The van der Waals surface area contributed by atoms with Crippen molar-refractivity contribution in [2.75, 3.05) is 0 Å². The first-order valence-corrected chi connectivity index (χ1v) is 5.72. The molecule has 1 aromatic rings. The van der Waals surface area contributed by atoms with E-state index in [4.69, 9.17) is 9.79 Å². The molecule has 0 aromatic heterocycles. The predicted octanol–water partition coefficient (Wildman–Crippen LogP) is 2.23. The highest BCUT2D eigenvalue weighted by Crippen LogP contribution is 2.51.